The predicted octanol–water partition coefficient (Wildman–Crippen LogP) is 2.19. The van der Waals surface area contributed by atoms with E-state index < -0.39 is 0 Å². The lowest BCUT2D eigenvalue weighted by Gasteiger charge is -2.36. The summed E-state index contributed by atoms with van der Waals surface area (Å²) in [5, 5.41) is 0. The molecule has 130 valence electrons. The lowest BCUT2D eigenvalue weighted by Crippen LogP contribution is -2.44. The van der Waals surface area contributed by atoms with Gasteiger partial charge in [-0.25, -0.2) is 9.78 Å². The molecule has 0 unspecified atom stereocenters. The van der Waals surface area contributed by atoms with Crippen LogP contribution in [0.25, 0.3) is 0 Å². The molecule has 2 fully saturated rings. The number of amides is 2. The predicted molar refractivity (Wildman–Crippen MR) is 88.7 cm³/mol. The van der Waals surface area contributed by atoms with Gasteiger partial charge in [0.2, 0.25) is 5.91 Å². The molecule has 2 saturated heterocycles. The van der Waals surface area contributed by atoms with Crippen LogP contribution < -0.4 is 4.90 Å². The second kappa shape index (κ2) is 6.37. The van der Waals surface area contributed by atoms with Gasteiger partial charge < -0.3 is 9.64 Å². The highest BCUT2D eigenvalue weighted by Gasteiger charge is 2.32. The van der Waals surface area contributed by atoms with E-state index in [-0.39, 0.29) is 23.3 Å². The highest BCUT2D eigenvalue weighted by atomic mass is 16.6. The number of carbonyl (C=O) groups excluding carboxylic acids is 2. The lowest BCUT2D eigenvalue weighted by molar-refractivity contribution is -0.140. The Balaban J connectivity index is 1.70. The van der Waals surface area contributed by atoms with Crippen molar-refractivity contribution in [2.75, 3.05) is 31.1 Å². The highest BCUT2D eigenvalue weighted by molar-refractivity contribution is 5.87. The second-order valence-electron chi connectivity index (χ2n) is 7.41. The first-order valence-electron chi connectivity index (χ1n) is 8.42. The van der Waals surface area contributed by atoms with Crippen LogP contribution in [0.15, 0.2) is 12.4 Å². The first-order chi connectivity index (χ1) is 11.4. The highest BCUT2D eigenvalue weighted by Crippen LogP contribution is 2.29. The van der Waals surface area contributed by atoms with Crippen LogP contribution in [0.4, 0.5) is 10.6 Å². The molecule has 0 aromatic carbocycles. The van der Waals surface area contributed by atoms with Gasteiger partial charge >= 0.3 is 6.09 Å². The zero-order valence-electron chi connectivity index (χ0n) is 14.5. The molecule has 3 heterocycles. The molecule has 2 aliphatic heterocycles. The third-order valence-corrected chi connectivity index (χ3v) is 4.46. The minimum atomic E-state index is -0.378. The molecule has 7 heteroatoms. The maximum atomic E-state index is 12.5. The van der Waals surface area contributed by atoms with Gasteiger partial charge in [-0.1, -0.05) is 20.8 Å². The smallest absolute Gasteiger partial charge is 0.415 e. The number of carbonyl (C=O) groups is 2. The van der Waals surface area contributed by atoms with Crippen LogP contribution in [0.3, 0.4) is 0 Å². The fourth-order valence-electron chi connectivity index (χ4n) is 3.16. The normalized spacial score (nSPS) is 21.8. The van der Waals surface area contributed by atoms with Gasteiger partial charge in [0.15, 0.2) is 5.82 Å². The number of anilines is 1. The molecule has 1 aromatic heterocycles. The van der Waals surface area contributed by atoms with Crippen molar-refractivity contribution in [2.24, 2.45) is 5.41 Å². The van der Waals surface area contributed by atoms with Crippen molar-refractivity contribution in [1.29, 1.82) is 0 Å². The zero-order chi connectivity index (χ0) is 17.3. The van der Waals surface area contributed by atoms with Crippen molar-refractivity contribution < 1.29 is 14.3 Å². The molecule has 24 heavy (non-hydrogen) atoms. The summed E-state index contributed by atoms with van der Waals surface area (Å²) in [7, 11) is 0. The Morgan fingerprint density at radius 1 is 1.25 bits per heavy atom. The van der Waals surface area contributed by atoms with E-state index in [0.29, 0.717) is 25.5 Å². The summed E-state index contributed by atoms with van der Waals surface area (Å²) in [6.07, 6.45) is 4.92. The molecular weight excluding hydrogens is 308 g/mol. The van der Waals surface area contributed by atoms with E-state index in [9.17, 15) is 9.59 Å². The summed E-state index contributed by atoms with van der Waals surface area (Å²) in [6.45, 7) is 8.21. The Morgan fingerprint density at radius 2 is 2.04 bits per heavy atom. The van der Waals surface area contributed by atoms with Crippen LogP contribution in [-0.4, -0.2) is 53.1 Å². The molecule has 0 aliphatic carbocycles. The van der Waals surface area contributed by atoms with E-state index in [1.54, 1.807) is 12.4 Å². The Labute approximate surface area is 142 Å². The third-order valence-electron chi connectivity index (χ3n) is 4.46. The molecule has 2 amide bonds. The average Bonchev–Trinajstić information content (AvgIpc) is 2.99. The Bertz CT molecular complexity index is 624. The van der Waals surface area contributed by atoms with Crippen molar-refractivity contribution in [3.05, 3.63) is 18.1 Å². The van der Waals surface area contributed by atoms with Gasteiger partial charge in [-0.3, -0.25) is 14.7 Å². The van der Waals surface area contributed by atoms with Crippen molar-refractivity contribution in [3.8, 4) is 0 Å². The van der Waals surface area contributed by atoms with Crippen molar-refractivity contribution in [2.45, 2.75) is 39.5 Å². The second-order valence-corrected chi connectivity index (χ2v) is 7.41. The number of cyclic esters (lactones) is 1. The van der Waals surface area contributed by atoms with Gasteiger partial charge in [-0.05, 0) is 12.8 Å². The summed E-state index contributed by atoms with van der Waals surface area (Å²) >= 11 is 0. The summed E-state index contributed by atoms with van der Waals surface area (Å²) in [4.78, 5) is 36.3. The minimum absolute atomic E-state index is 0.177. The van der Waals surface area contributed by atoms with Gasteiger partial charge in [0.25, 0.3) is 0 Å². The topological polar surface area (TPSA) is 75.6 Å². The number of likely N-dealkylation sites (tertiary alicyclic amines) is 1. The summed E-state index contributed by atoms with van der Waals surface area (Å²) in [6, 6.07) is 0. The maximum Gasteiger partial charge on any atom is 0.415 e. The van der Waals surface area contributed by atoms with E-state index in [0.717, 1.165) is 25.1 Å². The summed E-state index contributed by atoms with van der Waals surface area (Å²) < 4.78 is 4.91. The molecular formula is C17H24N4O3. The van der Waals surface area contributed by atoms with Gasteiger partial charge in [0.05, 0.1) is 24.6 Å². The molecule has 3 rings (SSSR count). The summed E-state index contributed by atoms with van der Waals surface area (Å²) in [5.41, 5.74) is 0.505. The van der Waals surface area contributed by atoms with Crippen molar-refractivity contribution >= 4 is 17.8 Å². The number of piperidine rings is 1. The molecule has 1 aromatic rings. The molecule has 0 saturated carbocycles. The number of hydrogen-bond acceptors (Lipinski definition) is 5. The van der Waals surface area contributed by atoms with Gasteiger partial charge in [0.1, 0.15) is 6.61 Å². The molecule has 0 radical (unpaired) electrons. The number of nitrogens with zero attached hydrogens (tertiary/aromatic N) is 4. The van der Waals surface area contributed by atoms with Crippen LogP contribution in [0, 0.1) is 5.41 Å². The lowest BCUT2D eigenvalue weighted by atomic mass is 9.90. The molecule has 0 bridgehead atoms. The summed E-state index contributed by atoms with van der Waals surface area (Å²) in [5.74, 6) is 0.883. The number of aromatic nitrogens is 2. The van der Waals surface area contributed by atoms with Crippen LogP contribution >= 0.6 is 0 Å². The van der Waals surface area contributed by atoms with Crippen molar-refractivity contribution in [3.63, 3.8) is 0 Å². The van der Waals surface area contributed by atoms with E-state index in [1.807, 2.05) is 25.7 Å². The molecule has 2 aliphatic rings. The van der Waals surface area contributed by atoms with Gasteiger partial charge in [-0.2, -0.15) is 0 Å². The van der Waals surface area contributed by atoms with Crippen LogP contribution in [0.5, 0.6) is 0 Å². The fraction of sp³-hybridized carbons (Fsp3) is 0.647. The SMILES string of the molecule is CC(C)(C)C(=O)N1CCC[C@H](c2cnc(N3CCOC3=O)cn2)C1. The van der Waals surface area contributed by atoms with Gasteiger partial charge in [0, 0.05) is 24.4 Å². The number of hydrogen-bond donors (Lipinski definition) is 0. The standard InChI is InChI=1S/C17H24N4O3/c1-17(2,3)15(22)20-6-4-5-12(11-20)13-9-19-14(10-18-13)21-7-8-24-16(21)23/h9-10,12H,4-8,11H2,1-3H3/t12-/m0/s1. The number of rotatable bonds is 2. The van der Waals surface area contributed by atoms with E-state index in [4.69, 9.17) is 4.74 Å². The Morgan fingerprint density at radius 3 is 2.62 bits per heavy atom. The zero-order valence-corrected chi connectivity index (χ0v) is 14.5. The van der Waals surface area contributed by atoms with Crippen LogP contribution in [-0.2, 0) is 9.53 Å². The third kappa shape index (κ3) is 3.34. The molecule has 1 atom stereocenters. The van der Waals surface area contributed by atoms with E-state index >= 15 is 0 Å². The van der Waals surface area contributed by atoms with E-state index in [2.05, 4.69) is 9.97 Å². The monoisotopic (exact) mass is 332 g/mol. The Kier molecular flexibility index (Phi) is 4.43. The van der Waals surface area contributed by atoms with E-state index in [1.165, 1.54) is 4.90 Å². The quantitative estimate of drug-likeness (QED) is 0.830. The molecule has 7 nitrogen and oxygen atoms in total. The van der Waals surface area contributed by atoms with Crippen LogP contribution in [0.1, 0.15) is 45.2 Å². The maximum absolute atomic E-state index is 12.5. The first kappa shape index (κ1) is 16.7. The first-order valence-corrected chi connectivity index (χ1v) is 8.42. The van der Waals surface area contributed by atoms with Crippen LogP contribution in [0.2, 0.25) is 0 Å². The van der Waals surface area contributed by atoms with Gasteiger partial charge in [-0.15, -0.1) is 0 Å². The average molecular weight is 332 g/mol. The largest absolute Gasteiger partial charge is 0.447 e. The molecule has 0 N–H and O–H groups in total. The Hall–Kier alpha value is -2.18. The number of ether oxygens (including phenoxy) is 1. The minimum Gasteiger partial charge on any atom is -0.447 e. The fourth-order valence-corrected chi connectivity index (χ4v) is 3.16. The molecule has 0 spiro atoms. The van der Waals surface area contributed by atoms with Crippen molar-refractivity contribution in [1.82, 2.24) is 14.9 Å².